The minimum absolute atomic E-state index is 0.0912. The molecular formula is C14H21ClN4OS. The van der Waals surface area contributed by atoms with Crippen molar-refractivity contribution in [2.45, 2.75) is 30.5 Å². The second-order valence-corrected chi connectivity index (χ2v) is 6.60. The van der Waals surface area contributed by atoms with Crippen LogP contribution in [0.5, 0.6) is 0 Å². The maximum absolute atomic E-state index is 12.7. The van der Waals surface area contributed by atoms with Gasteiger partial charge in [0.1, 0.15) is 0 Å². The molecule has 0 saturated carbocycles. The van der Waals surface area contributed by atoms with Crippen molar-refractivity contribution in [3.8, 4) is 0 Å². The summed E-state index contributed by atoms with van der Waals surface area (Å²) in [6.07, 6.45) is 6.67. The van der Waals surface area contributed by atoms with Gasteiger partial charge >= 0.3 is 0 Å². The molecule has 0 spiro atoms. The van der Waals surface area contributed by atoms with E-state index < -0.39 is 0 Å². The van der Waals surface area contributed by atoms with Crippen molar-refractivity contribution in [3.05, 3.63) is 16.9 Å². The molecule has 1 amide bonds. The predicted octanol–water partition coefficient (Wildman–Crippen LogP) is 2.41. The second kappa shape index (κ2) is 7.42. The van der Waals surface area contributed by atoms with Crippen molar-refractivity contribution in [1.82, 2.24) is 19.8 Å². The van der Waals surface area contributed by atoms with Crippen molar-refractivity contribution >= 4 is 29.3 Å². The molecule has 5 nitrogen and oxygen atoms in total. The van der Waals surface area contributed by atoms with Crippen molar-refractivity contribution < 1.29 is 4.79 Å². The zero-order chi connectivity index (χ0) is 15.4. The van der Waals surface area contributed by atoms with Gasteiger partial charge in [0.25, 0.3) is 5.91 Å². The van der Waals surface area contributed by atoms with E-state index in [0.29, 0.717) is 21.9 Å². The van der Waals surface area contributed by atoms with E-state index in [0.717, 1.165) is 32.4 Å². The summed E-state index contributed by atoms with van der Waals surface area (Å²) in [5, 5.41) is 0.894. The van der Waals surface area contributed by atoms with Gasteiger partial charge in [-0.05, 0) is 33.2 Å². The van der Waals surface area contributed by atoms with Gasteiger partial charge in [0.15, 0.2) is 10.9 Å². The highest BCUT2D eigenvalue weighted by Crippen LogP contribution is 2.21. The lowest BCUT2D eigenvalue weighted by Gasteiger charge is -2.28. The number of nitrogens with zero attached hydrogens (tertiary/aromatic N) is 4. The van der Waals surface area contributed by atoms with Crippen molar-refractivity contribution in [2.24, 2.45) is 0 Å². The van der Waals surface area contributed by atoms with E-state index in [-0.39, 0.29) is 5.91 Å². The highest BCUT2D eigenvalue weighted by atomic mass is 35.5. The summed E-state index contributed by atoms with van der Waals surface area (Å²) in [5.74, 6) is -0.0912. The minimum atomic E-state index is -0.0912. The fraction of sp³-hybridized carbons (Fsp3) is 0.643. The Bertz CT molecular complexity index is 512. The van der Waals surface area contributed by atoms with Gasteiger partial charge in [0, 0.05) is 19.1 Å². The normalized spacial score (nSPS) is 19.7. The van der Waals surface area contributed by atoms with Crippen LogP contribution in [0.15, 0.2) is 11.4 Å². The summed E-state index contributed by atoms with van der Waals surface area (Å²) in [6, 6.07) is 0.386. The van der Waals surface area contributed by atoms with E-state index in [4.69, 9.17) is 11.6 Å². The molecule has 2 rings (SSSR count). The van der Waals surface area contributed by atoms with Crippen molar-refractivity contribution in [3.63, 3.8) is 0 Å². The van der Waals surface area contributed by atoms with E-state index in [1.54, 1.807) is 0 Å². The van der Waals surface area contributed by atoms with E-state index in [2.05, 4.69) is 29.0 Å². The number of carbonyl (C=O) groups excluding carboxylic acids is 1. The topological polar surface area (TPSA) is 49.3 Å². The molecule has 116 valence electrons. The van der Waals surface area contributed by atoms with Crippen LogP contribution < -0.4 is 0 Å². The molecule has 1 saturated heterocycles. The number of likely N-dealkylation sites (N-methyl/N-ethyl adjacent to an activating group) is 1. The van der Waals surface area contributed by atoms with Gasteiger partial charge < -0.3 is 9.80 Å². The van der Waals surface area contributed by atoms with Crippen LogP contribution in [-0.2, 0) is 0 Å². The molecule has 0 bridgehead atoms. The number of hydrogen-bond acceptors (Lipinski definition) is 5. The molecule has 1 aliphatic rings. The summed E-state index contributed by atoms with van der Waals surface area (Å²) in [4.78, 5) is 25.2. The SMILES string of the molecule is CSc1ncc(Cl)c(C(=O)N2CCCC[C@H](N(C)C)C2)n1. The summed E-state index contributed by atoms with van der Waals surface area (Å²) in [7, 11) is 4.12. The maximum Gasteiger partial charge on any atom is 0.274 e. The lowest BCUT2D eigenvalue weighted by Crippen LogP contribution is -2.42. The molecule has 0 unspecified atom stereocenters. The molecule has 0 radical (unpaired) electrons. The van der Waals surface area contributed by atoms with Gasteiger partial charge in [0.2, 0.25) is 0 Å². The molecule has 0 aromatic carbocycles. The van der Waals surface area contributed by atoms with Gasteiger partial charge in [-0.2, -0.15) is 0 Å². The molecule has 0 aliphatic carbocycles. The average Bonchev–Trinajstić information content (AvgIpc) is 2.73. The Morgan fingerprint density at radius 2 is 2.24 bits per heavy atom. The molecule has 1 aromatic heterocycles. The van der Waals surface area contributed by atoms with Gasteiger partial charge in [-0.15, -0.1) is 0 Å². The first-order valence-corrected chi connectivity index (χ1v) is 8.65. The molecule has 1 aliphatic heterocycles. The monoisotopic (exact) mass is 328 g/mol. The Morgan fingerprint density at radius 1 is 1.48 bits per heavy atom. The Hall–Kier alpha value is -0.850. The van der Waals surface area contributed by atoms with E-state index in [9.17, 15) is 4.79 Å². The number of aromatic nitrogens is 2. The highest BCUT2D eigenvalue weighted by molar-refractivity contribution is 7.98. The number of amides is 1. The Balaban J connectivity index is 2.21. The number of rotatable bonds is 3. The first kappa shape index (κ1) is 16.5. The quantitative estimate of drug-likeness (QED) is 0.630. The number of likely N-dealkylation sites (tertiary alicyclic amines) is 1. The van der Waals surface area contributed by atoms with Crippen molar-refractivity contribution in [1.29, 1.82) is 0 Å². The third kappa shape index (κ3) is 4.08. The average molecular weight is 329 g/mol. The number of halogens is 1. The first-order valence-electron chi connectivity index (χ1n) is 7.05. The standard InChI is InChI=1S/C14H21ClN4OS/c1-18(2)10-6-4-5-7-19(9-10)13(20)12-11(15)8-16-14(17-12)21-3/h8,10H,4-7,9H2,1-3H3/t10-/m0/s1. The lowest BCUT2D eigenvalue weighted by molar-refractivity contribution is 0.0719. The van der Waals surface area contributed by atoms with Crippen LogP contribution in [0.1, 0.15) is 29.8 Å². The molecule has 2 heterocycles. The van der Waals surface area contributed by atoms with E-state index in [1.807, 2.05) is 11.2 Å². The van der Waals surface area contributed by atoms with Crippen LogP contribution in [-0.4, -0.2) is 65.2 Å². The zero-order valence-corrected chi connectivity index (χ0v) is 14.2. The van der Waals surface area contributed by atoms with Gasteiger partial charge in [-0.1, -0.05) is 29.8 Å². The summed E-state index contributed by atoms with van der Waals surface area (Å²) < 4.78 is 0. The summed E-state index contributed by atoms with van der Waals surface area (Å²) in [6.45, 7) is 1.48. The Labute approximate surface area is 135 Å². The number of carbonyl (C=O) groups is 1. The summed E-state index contributed by atoms with van der Waals surface area (Å²) >= 11 is 7.52. The summed E-state index contributed by atoms with van der Waals surface area (Å²) in [5.41, 5.74) is 0.315. The molecule has 1 aromatic rings. The van der Waals surface area contributed by atoms with Crippen LogP contribution in [0.4, 0.5) is 0 Å². The fourth-order valence-electron chi connectivity index (χ4n) is 2.47. The van der Waals surface area contributed by atoms with Crippen LogP contribution in [0.2, 0.25) is 5.02 Å². The molecule has 1 atom stereocenters. The minimum Gasteiger partial charge on any atom is -0.336 e. The van der Waals surface area contributed by atoms with Crippen LogP contribution >= 0.6 is 23.4 Å². The zero-order valence-electron chi connectivity index (χ0n) is 12.7. The number of thioether (sulfide) groups is 1. The maximum atomic E-state index is 12.7. The molecule has 21 heavy (non-hydrogen) atoms. The van der Waals surface area contributed by atoms with Gasteiger partial charge in [-0.3, -0.25) is 4.79 Å². The third-order valence-corrected chi connectivity index (χ3v) is 4.61. The van der Waals surface area contributed by atoms with E-state index in [1.165, 1.54) is 18.0 Å². The van der Waals surface area contributed by atoms with Gasteiger partial charge in [0.05, 0.1) is 11.2 Å². The third-order valence-electron chi connectivity index (χ3n) is 3.77. The van der Waals surface area contributed by atoms with Crippen molar-refractivity contribution in [2.75, 3.05) is 33.4 Å². The van der Waals surface area contributed by atoms with E-state index >= 15 is 0 Å². The van der Waals surface area contributed by atoms with Gasteiger partial charge in [-0.25, -0.2) is 9.97 Å². The second-order valence-electron chi connectivity index (χ2n) is 5.42. The molecular weight excluding hydrogens is 308 g/mol. The highest BCUT2D eigenvalue weighted by Gasteiger charge is 2.26. The molecule has 1 fully saturated rings. The molecule has 0 N–H and O–H groups in total. The Morgan fingerprint density at radius 3 is 2.90 bits per heavy atom. The smallest absolute Gasteiger partial charge is 0.274 e. The Kier molecular flexibility index (Phi) is 5.84. The fourth-order valence-corrected chi connectivity index (χ4v) is 2.99. The van der Waals surface area contributed by atoms with Crippen LogP contribution in [0.25, 0.3) is 0 Å². The molecule has 7 heteroatoms. The first-order chi connectivity index (χ1) is 10.0. The number of hydrogen-bond donors (Lipinski definition) is 0. The lowest BCUT2D eigenvalue weighted by atomic mass is 10.1. The predicted molar refractivity (Wildman–Crippen MR) is 86.1 cm³/mol. The van der Waals surface area contributed by atoms with Crippen LogP contribution in [0, 0.1) is 0 Å². The van der Waals surface area contributed by atoms with Crippen LogP contribution in [0.3, 0.4) is 0 Å². The largest absolute Gasteiger partial charge is 0.336 e.